The molecule has 0 atom stereocenters. The lowest BCUT2D eigenvalue weighted by Crippen LogP contribution is -2.23. The van der Waals surface area contributed by atoms with Crippen LogP contribution in [0.4, 0.5) is 5.69 Å². The van der Waals surface area contributed by atoms with Crippen molar-refractivity contribution in [2.24, 2.45) is 0 Å². The van der Waals surface area contributed by atoms with Crippen LogP contribution in [-0.2, 0) is 6.54 Å². The molecular weight excluding hydrogens is 202 g/mol. The van der Waals surface area contributed by atoms with Crippen LogP contribution in [0, 0.1) is 0 Å². The lowest BCUT2D eigenvalue weighted by molar-refractivity contribution is 0.0956. The summed E-state index contributed by atoms with van der Waals surface area (Å²) in [7, 11) is 3.97. The molecule has 1 rings (SSSR count). The Balaban J connectivity index is 2.86. The Morgan fingerprint density at radius 1 is 1.44 bits per heavy atom. The summed E-state index contributed by atoms with van der Waals surface area (Å²) in [6, 6.07) is 5.43. The molecule has 1 aromatic rings. The third-order valence-electron chi connectivity index (χ3n) is 2.23. The van der Waals surface area contributed by atoms with Crippen molar-refractivity contribution in [3.8, 4) is 0 Å². The number of hydrogen-bond acceptors (Lipinski definition) is 3. The van der Waals surface area contributed by atoms with Crippen LogP contribution in [0.2, 0.25) is 0 Å². The normalized spacial score (nSPS) is 10.5. The van der Waals surface area contributed by atoms with Crippen molar-refractivity contribution >= 4 is 11.6 Å². The zero-order chi connectivity index (χ0) is 12.1. The summed E-state index contributed by atoms with van der Waals surface area (Å²) < 4.78 is 0. The van der Waals surface area contributed by atoms with Crippen molar-refractivity contribution in [2.75, 3.05) is 26.4 Å². The van der Waals surface area contributed by atoms with Crippen LogP contribution in [0.15, 0.2) is 18.2 Å². The first-order valence-corrected chi connectivity index (χ1v) is 5.36. The minimum atomic E-state index is -0.0781. The van der Waals surface area contributed by atoms with E-state index in [0.29, 0.717) is 17.8 Å². The van der Waals surface area contributed by atoms with E-state index in [1.807, 2.05) is 32.0 Å². The Morgan fingerprint density at radius 3 is 2.62 bits per heavy atom. The first-order chi connectivity index (χ1) is 7.54. The van der Waals surface area contributed by atoms with Gasteiger partial charge in [0.1, 0.15) is 0 Å². The summed E-state index contributed by atoms with van der Waals surface area (Å²) in [6.45, 7) is 3.29. The largest absolute Gasteiger partial charge is 0.398 e. The van der Waals surface area contributed by atoms with Crippen LogP contribution in [0.1, 0.15) is 22.8 Å². The molecule has 4 nitrogen and oxygen atoms in total. The average Bonchev–Trinajstić information content (AvgIpc) is 2.20. The molecule has 0 saturated carbocycles. The molecule has 0 aliphatic carbocycles. The van der Waals surface area contributed by atoms with Crippen LogP contribution in [-0.4, -0.2) is 31.4 Å². The van der Waals surface area contributed by atoms with E-state index >= 15 is 0 Å². The van der Waals surface area contributed by atoms with E-state index in [4.69, 9.17) is 5.73 Å². The van der Waals surface area contributed by atoms with Gasteiger partial charge in [-0.2, -0.15) is 0 Å². The van der Waals surface area contributed by atoms with E-state index < -0.39 is 0 Å². The highest BCUT2D eigenvalue weighted by atomic mass is 16.1. The standard InChI is InChI=1S/C12H19N3O/c1-4-14-12(16)9-5-6-10(8-15(2)3)11(13)7-9/h5-7H,4,8,13H2,1-3H3,(H,14,16). The molecule has 0 aromatic heterocycles. The van der Waals surface area contributed by atoms with Crippen LogP contribution in [0.5, 0.6) is 0 Å². The highest BCUT2D eigenvalue weighted by molar-refractivity contribution is 5.95. The number of benzene rings is 1. The zero-order valence-electron chi connectivity index (χ0n) is 10.1. The van der Waals surface area contributed by atoms with Crippen LogP contribution in [0.25, 0.3) is 0 Å². The van der Waals surface area contributed by atoms with Gasteiger partial charge in [-0.3, -0.25) is 4.79 Å². The molecule has 1 amide bonds. The van der Waals surface area contributed by atoms with Crippen LogP contribution < -0.4 is 11.1 Å². The number of hydrogen-bond donors (Lipinski definition) is 2. The van der Waals surface area contributed by atoms with Crippen molar-refractivity contribution < 1.29 is 4.79 Å². The Hall–Kier alpha value is -1.55. The van der Waals surface area contributed by atoms with Crippen LogP contribution >= 0.6 is 0 Å². The third kappa shape index (κ3) is 3.24. The van der Waals surface area contributed by atoms with Gasteiger partial charge in [0.05, 0.1) is 0 Å². The second kappa shape index (κ2) is 5.51. The summed E-state index contributed by atoms with van der Waals surface area (Å²) >= 11 is 0. The van der Waals surface area contributed by atoms with E-state index in [0.717, 1.165) is 12.1 Å². The van der Waals surface area contributed by atoms with Gasteiger partial charge in [0.15, 0.2) is 0 Å². The van der Waals surface area contributed by atoms with Gasteiger partial charge in [-0.1, -0.05) is 6.07 Å². The third-order valence-corrected chi connectivity index (χ3v) is 2.23. The van der Waals surface area contributed by atoms with Crippen molar-refractivity contribution in [2.45, 2.75) is 13.5 Å². The van der Waals surface area contributed by atoms with Crippen molar-refractivity contribution in [3.63, 3.8) is 0 Å². The molecule has 4 heteroatoms. The molecule has 16 heavy (non-hydrogen) atoms. The molecule has 0 fully saturated rings. The molecule has 0 bridgehead atoms. The fourth-order valence-electron chi connectivity index (χ4n) is 1.48. The minimum Gasteiger partial charge on any atom is -0.398 e. The van der Waals surface area contributed by atoms with Gasteiger partial charge >= 0.3 is 0 Å². The summed E-state index contributed by atoms with van der Waals surface area (Å²) in [4.78, 5) is 13.6. The Kier molecular flexibility index (Phi) is 4.31. The van der Waals surface area contributed by atoms with Gasteiger partial charge in [0.25, 0.3) is 5.91 Å². The van der Waals surface area contributed by atoms with Gasteiger partial charge in [-0.15, -0.1) is 0 Å². The van der Waals surface area contributed by atoms with E-state index in [1.165, 1.54) is 0 Å². The molecule has 88 valence electrons. The number of anilines is 1. The summed E-state index contributed by atoms with van der Waals surface area (Å²) in [5.74, 6) is -0.0781. The summed E-state index contributed by atoms with van der Waals surface area (Å²) in [6.07, 6.45) is 0. The zero-order valence-corrected chi connectivity index (χ0v) is 10.1. The first kappa shape index (κ1) is 12.5. The molecule has 0 radical (unpaired) electrons. The number of rotatable bonds is 4. The first-order valence-electron chi connectivity index (χ1n) is 5.36. The van der Waals surface area contributed by atoms with E-state index in [-0.39, 0.29) is 5.91 Å². The maximum atomic E-state index is 11.6. The predicted octanol–water partition coefficient (Wildman–Crippen LogP) is 1.08. The van der Waals surface area contributed by atoms with Crippen molar-refractivity contribution in [3.05, 3.63) is 29.3 Å². The molecule has 0 aliphatic heterocycles. The number of amides is 1. The molecular formula is C12H19N3O. The number of nitrogens with one attached hydrogen (secondary N) is 1. The maximum Gasteiger partial charge on any atom is 0.251 e. The van der Waals surface area contributed by atoms with Gasteiger partial charge in [0, 0.05) is 24.3 Å². The fourth-order valence-corrected chi connectivity index (χ4v) is 1.48. The van der Waals surface area contributed by atoms with Crippen LogP contribution in [0.3, 0.4) is 0 Å². The monoisotopic (exact) mass is 221 g/mol. The number of nitrogens with two attached hydrogens (primary N) is 1. The lowest BCUT2D eigenvalue weighted by atomic mass is 10.1. The number of nitrogens with zero attached hydrogens (tertiary/aromatic N) is 1. The number of carbonyl (C=O) groups is 1. The number of nitrogen functional groups attached to an aromatic ring is 1. The lowest BCUT2D eigenvalue weighted by Gasteiger charge is -2.12. The summed E-state index contributed by atoms with van der Waals surface area (Å²) in [5, 5.41) is 2.74. The van der Waals surface area contributed by atoms with Crippen molar-refractivity contribution in [1.29, 1.82) is 0 Å². The highest BCUT2D eigenvalue weighted by Gasteiger charge is 2.07. The topological polar surface area (TPSA) is 58.4 Å². The molecule has 0 unspecified atom stereocenters. The smallest absolute Gasteiger partial charge is 0.251 e. The Morgan fingerprint density at radius 2 is 2.12 bits per heavy atom. The fraction of sp³-hybridized carbons (Fsp3) is 0.417. The highest BCUT2D eigenvalue weighted by Crippen LogP contribution is 2.15. The maximum absolute atomic E-state index is 11.6. The van der Waals surface area contributed by atoms with Gasteiger partial charge in [0.2, 0.25) is 0 Å². The molecule has 0 heterocycles. The molecule has 1 aromatic carbocycles. The molecule has 0 aliphatic rings. The average molecular weight is 221 g/mol. The van der Waals surface area contributed by atoms with E-state index in [1.54, 1.807) is 12.1 Å². The van der Waals surface area contributed by atoms with E-state index in [2.05, 4.69) is 5.32 Å². The second-order valence-corrected chi connectivity index (χ2v) is 4.01. The predicted molar refractivity (Wildman–Crippen MR) is 66.3 cm³/mol. The Bertz CT molecular complexity index is 375. The quantitative estimate of drug-likeness (QED) is 0.748. The summed E-state index contributed by atoms with van der Waals surface area (Å²) in [5.41, 5.74) is 8.21. The second-order valence-electron chi connectivity index (χ2n) is 4.01. The molecule has 3 N–H and O–H groups in total. The van der Waals surface area contributed by atoms with Gasteiger partial charge in [-0.05, 0) is 38.7 Å². The van der Waals surface area contributed by atoms with E-state index in [9.17, 15) is 4.79 Å². The molecule has 0 spiro atoms. The SMILES string of the molecule is CCNC(=O)c1ccc(CN(C)C)c(N)c1. The van der Waals surface area contributed by atoms with Crippen molar-refractivity contribution in [1.82, 2.24) is 10.2 Å². The number of carbonyl (C=O) groups excluding carboxylic acids is 1. The van der Waals surface area contributed by atoms with Gasteiger partial charge in [-0.25, -0.2) is 0 Å². The minimum absolute atomic E-state index is 0.0781. The molecule has 0 saturated heterocycles. The Labute approximate surface area is 96.4 Å². The van der Waals surface area contributed by atoms with Gasteiger partial charge < -0.3 is 16.0 Å².